The Morgan fingerprint density at radius 2 is 1.82 bits per heavy atom. The average molecular weight is 160 g/mol. The molecule has 0 bridgehead atoms. The second-order valence-corrected chi connectivity index (χ2v) is 2.76. The van der Waals surface area contributed by atoms with Gasteiger partial charge in [-0.15, -0.1) is 0 Å². The van der Waals surface area contributed by atoms with E-state index in [4.69, 9.17) is 5.11 Å². The monoisotopic (exact) mass is 160 g/mol. The number of carboxylic acid groups (broad SMARTS) is 1. The lowest BCUT2D eigenvalue weighted by Crippen LogP contribution is -2.43. The molecule has 0 fully saturated rings. The standard InChI is InChI=1S/C7H13NO3/c1-4(2)6(7(10)11)8-5(3)9/h4,6H,1-3H3,(H,8,9)(H,10,11)/i8+1. The lowest BCUT2D eigenvalue weighted by Gasteiger charge is -2.16. The highest BCUT2D eigenvalue weighted by atomic mass is 16.4. The third-order valence-corrected chi connectivity index (χ3v) is 1.29. The van der Waals surface area contributed by atoms with Crippen LogP contribution in [0.3, 0.4) is 0 Å². The van der Waals surface area contributed by atoms with Crippen molar-refractivity contribution in [1.82, 2.24) is 5.32 Å². The average Bonchev–Trinajstić information content (AvgIpc) is 1.81. The first kappa shape index (κ1) is 9.94. The molecular formula is C7H13NO3. The van der Waals surface area contributed by atoms with E-state index in [0.717, 1.165) is 0 Å². The topological polar surface area (TPSA) is 66.4 Å². The number of nitrogens with one attached hydrogen (secondary N) is 1. The minimum absolute atomic E-state index is 0.0867. The van der Waals surface area contributed by atoms with Crippen LogP contribution in [-0.4, -0.2) is 23.0 Å². The zero-order chi connectivity index (χ0) is 9.02. The van der Waals surface area contributed by atoms with Crippen molar-refractivity contribution >= 4 is 11.9 Å². The van der Waals surface area contributed by atoms with Gasteiger partial charge >= 0.3 is 5.97 Å². The zero-order valence-electron chi connectivity index (χ0n) is 6.92. The van der Waals surface area contributed by atoms with Crippen molar-refractivity contribution in [1.29, 1.82) is 0 Å². The van der Waals surface area contributed by atoms with Crippen LogP contribution in [0.1, 0.15) is 20.8 Å². The van der Waals surface area contributed by atoms with Gasteiger partial charge in [-0.25, -0.2) is 4.79 Å². The Bertz CT molecular complexity index is 165. The highest BCUT2D eigenvalue weighted by Crippen LogP contribution is 2.00. The summed E-state index contributed by atoms with van der Waals surface area (Å²) < 4.78 is 0. The van der Waals surface area contributed by atoms with Crippen molar-refractivity contribution in [3.05, 3.63) is 0 Å². The fraction of sp³-hybridized carbons (Fsp3) is 0.714. The molecule has 0 spiro atoms. The number of aliphatic carboxylic acids is 1. The molecule has 1 amide bonds. The van der Waals surface area contributed by atoms with Crippen molar-refractivity contribution in [2.45, 2.75) is 26.8 Å². The summed E-state index contributed by atoms with van der Waals surface area (Å²) in [5, 5.41) is 10.9. The maximum Gasteiger partial charge on any atom is 0.326 e. The quantitative estimate of drug-likeness (QED) is 0.581. The van der Waals surface area contributed by atoms with E-state index in [2.05, 4.69) is 5.32 Å². The maximum atomic E-state index is 10.5. The van der Waals surface area contributed by atoms with Gasteiger partial charge in [0, 0.05) is 6.92 Å². The van der Waals surface area contributed by atoms with Crippen molar-refractivity contribution in [3.8, 4) is 0 Å². The second-order valence-electron chi connectivity index (χ2n) is 2.76. The minimum atomic E-state index is -0.991. The Kier molecular flexibility index (Phi) is 3.57. The molecule has 0 radical (unpaired) electrons. The normalized spacial score (nSPS) is 12.7. The first-order chi connectivity index (χ1) is 4.95. The predicted molar refractivity (Wildman–Crippen MR) is 40.1 cm³/mol. The lowest BCUT2D eigenvalue weighted by molar-refractivity contribution is -0.142. The fourth-order valence-corrected chi connectivity index (χ4v) is 0.733. The van der Waals surface area contributed by atoms with Gasteiger partial charge in [-0.2, -0.15) is 0 Å². The second kappa shape index (κ2) is 3.95. The third-order valence-electron chi connectivity index (χ3n) is 1.29. The summed E-state index contributed by atoms with van der Waals surface area (Å²) in [6.45, 7) is 4.79. The van der Waals surface area contributed by atoms with Gasteiger partial charge in [0.15, 0.2) is 0 Å². The molecule has 0 rings (SSSR count). The van der Waals surface area contributed by atoms with E-state index in [1.807, 2.05) is 0 Å². The molecule has 2 N–H and O–H groups in total. The molecule has 4 nitrogen and oxygen atoms in total. The van der Waals surface area contributed by atoms with Crippen LogP contribution in [0.4, 0.5) is 0 Å². The van der Waals surface area contributed by atoms with Gasteiger partial charge in [0.05, 0.1) is 0 Å². The number of hydrogen-bond acceptors (Lipinski definition) is 2. The molecule has 0 aromatic rings. The molecule has 0 saturated carbocycles. The molecule has 64 valence electrons. The summed E-state index contributed by atoms with van der Waals surface area (Å²) in [7, 11) is 0. The molecule has 1 atom stereocenters. The molecule has 0 aliphatic carbocycles. The zero-order valence-corrected chi connectivity index (χ0v) is 6.92. The van der Waals surface area contributed by atoms with Crippen LogP contribution in [0.25, 0.3) is 0 Å². The number of rotatable bonds is 3. The third kappa shape index (κ3) is 3.60. The Balaban J connectivity index is 4.12. The molecule has 11 heavy (non-hydrogen) atoms. The summed E-state index contributed by atoms with van der Waals surface area (Å²) in [4.78, 5) is 21.0. The Labute approximate surface area is 65.6 Å². The van der Waals surface area contributed by atoms with Gasteiger partial charge in [0.25, 0.3) is 0 Å². The molecule has 4 heteroatoms. The van der Waals surface area contributed by atoms with E-state index in [1.54, 1.807) is 13.8 Å². The Morgan fingerprint density at radius 3 is 1.91 bits per heavy atom. The highest BCUT2D eigenvalue weighted by Gasteiger charge is 2.21. The molecule has 0 saturated heterocycles. The Hall–Kier alpha value is -1.06. The van der Waals surface area contributed by atoms with E-state index in [1.165, 1.54) is 6.92 Å². The molecule has 0 aliphatic rings. The van der Waals surface area contributed by atoms with Crippen molar-refractivity contribution in [3.63, 3.8) is 0 Å². The summed E-state index contributed by atoms with van der Waals surface area (Å²) >= 11 is 0. The Morgan fingerprint density at radius 1 is 1.36 bits per heavy atom. The van der Waals surface area contributed by atoms with E-state index in [0.29, 0.717) is 0 Å². The van der Waals surface area contributed by atoms with Crippen LogP contribution in [0.5, 0.6) is 0 Å². The number of hydrogen-bond donors (Lipinski definition) is 2. The number of carbonyl (C=O) groups is 2. The predicted octanol–water partition coefficient (Wildman–Crippen LogP) is 0.232. The summed E-state index contributed by atoms with van der Waals surface area (Å²) in [6, 6.07) is -0.771. The van der Waals surface area contributed by atoms with Gasteiger partial charge < -0.3 is 10.4 Å². The maximum absolute atomic E-state index is 10.5. The van der Waals surface area contributed by atoms with Crippen LogP contribution in [0.15, 0.2) is 0 Å². The fourth-order valence-electron chi connectivity index (χ4n) is 0.733. The molecule has 0 heterocycles. The molecular weight excluding hydrogens is 147 g/mol. The van der Waals surface area contributed by atoms with E-state index < -0.39 is 12.0 Å². The van der Waals surface area contributed by atoms with E-state index >= 15 is 0 Å². The molecule has 0 aromatic heterocycles. The number of amides is 1. The van der Waals surface area contributed by atoms with Crippen LogP contribution in [-0.2, 0) is 9.59 Å². The van der Waals surface area contributed by atoms with E-state index in [-0.39, 0.29) is 11.8 Å². The molecule has 1 unspecified atom stereocenters. The molecule has 0 aliphatic heterocycles. The van der Waals surface area contributed by atoms with Gasteiger partial charge in [-0.3, -0.25) is 4.79 Å². The van der Waals surface area contributed by atoms with Gasteiger partial charge in [0.1, 0.15) is 6.04 Å². The SMILES string of the molecule is CC(=O)[15NH]C(C(=O)O)C(C)C. The van der Waals surface area contributed by atoms with Crippen LogP contribution < -0.4 is 5.32 Å². The van der Waals surface area contributed by atoms with Crippen molar-refractivity contribution in [2.24, 2.45) is 5.92 Å². The van der Waals surface area contributed by atoms with Gasteiger partial charge in [0.2, 0.25) is 5.91 Å². The smallest absolute Gasteiger partial charge is 0.326 e. The summed E-state index contributed by atoms with van der Waals surface area (Å²) in [5.74, 6) is -1.39. The van der Waals surface area contributed by atoms with Crippen LogP contribution >= 0.6 is 0 Å². The first-order valence-electron chi connectivity index (χ1n) is 3.45. The number of carbonyl (C=O) groups excluding carboxylic acids is 1. The highest BCUT2D eigenvalue weighted by molar-refractivity contribution is 5.82. The summed E-state index contributed by atoms with van der Waals surface area (Å²) in [5.41, 5.74) is 0. The van der Waals surface area contributed by atoms with Gasteiger partial charge in [-0.1, -0.05) is 13.8 Å². The molecule has 0 aromatic carbocycles. The van der Waals surface area contributed by atoms with Gasteiger partial charge in [-0.05, 0) is 5.92 Å². The van der Waals surface area contributed by atoms with Crippen LogP contribution in [0.2, 0.25) is 0 Å². The minimum Gasteiger partial charge on any atom is -0.480 e. The van der Waals surface area contributed by atoms with Crippen molar-refractivity contribution in [2.75, 3.05) is 0 Å². The van der Waals surface area contributed by atoms with Crippen molar-refractivity contribution < 1.29 is 14.7 Å². The van der Waals surface area contributed by atoms with E-state index in [9.17, 15) is 9.59 Å². The largest absolute Gasteiger partial charge is 0.480 e. The number of carboxylic acids is 1. The lowest BCUT2D eigenvalue weighted by atomic mass is 10.1. The van der Waals surface area contributed by atoms with Crippen LogP contribution in [0, 0.1) is 5.92 Å². The first-order valence-corrected chi connectivity index (χ1v) is 3.45. The summed E-state index contributed by atoms with van der Waals surface area (Å²) in [6.07, 6.45) is 0.